The Morgan fingerprint density at radius 3 is 2.60 bits per heavy atom. The van der Waals surface area contributed by atoms with E-state index in [0.29, 0.717) is 28.9 Å². The van der Waals surface area contributed by atoms with Gasteiger partial charge in [0.25, 0.3) is 5.91 Å². The molecule has 10 heteroatoms. The number of carbonyl (C=O) groups is 1. The van der Waals surface area contributed by atoms with E-state index in [1.807, 2.05) is 42.4 Å². The number of hydrogen-bond donors (Lipinski definition) is 1. The molecule has 5 aromatic rings. The summed E-state index contributed by atoms with van der Waals surface area (Å²) in [5.74, 6) is 3.15. The quantitative estimate of drug-likeness (QED) is 0.300. The van der Waals surface area contributed by atoms with E-state index in [2.05, 4.69) is 26.3 Å². The van der Waals surface area contributed by atoms with Gasteiger partial charge in [-0.25, -0.2) is 9.97 Å². The Morgan fingerprint density at radius 2 is 1.88 bits per heavy atom. The van der Waals surface area contributed by atoms with Gasteiger partial charge >= 0.3 is 0 Å². The van der Waals surface area contributed by atoms with Crippen LogP contribution in [0.15, 0.2) is 48.8 Å². The van der Waals surface area contributed by atoms with Crippen molar-refractivity contribution in [1.29, 1.82) is 0 Å². The minimum atomic E-state index is 0.00154. The second kappa shape index (κ2) is 9.80. The average Bonchev–Trinajstić information content (AvgIpc) is 3.44. The molecule has 2 N–H and O–H groups in total. The Labute approximate surface area is 249 Å². The zero-order valence-corrected chi connectivity index (χ0v) is 24.7. The maximum Gasteiger partial charge on any atom is 0.254 e. The lowest BCUT2D eigenvalue weighted by atomic mass is 10.1. The molecule has 5 heterocycles. The van der Waals surface area contributed by atoms with Crippen LogP contribution < -0.4 is 15.2 Å². The molecular weight excluding hydrogens is 542 g/mol. The summed E-state index contributed by atoms with van der Waals surface area (Å²) in [7, 11) is 5.29. The van der Waals surface area contributed by atoms with E-state index >= 15 is 0 Å². The van der Waals surface area contributed by atoms with Crippen molar-refractivity contribution < 1.29 is 14.3 Å². The first kappa shape index (κ1) is 26.2. The predicted octanol–water partition coefficient (Wildman–Crippen LogP) is 4.64. The number of benzene rings is 1. The average molecular weight is 578 g/mol. The number of ether oxygens (including phenoxy) is 2. The molecule has 2 saturated carbocycles. The van der Waals surface area contributed by atoms with Crippen LogP contribution in [0.4, 0.5) is 0 Å². The second-order valence-corrected chi connectivity index (χ2v) is 12.3. The van der Waals surface area contributed by atoms with Crippen LogP contribution in [-0.4, -0.2) is 67.7 Å². The fourth-order valence-corrected chi connectivity index (χ4v) is 7.15. The molecule has 1 aliphatic heterocycles. The van der Waals surface area contributed by atoms with Crippen molar-refractivity contribution in [3.63, 3.8) is 0 Å². The van der Waals surface area contributed by atoms with Crippen LogP contribution >= 0.6 is 0 Å². The van der Waals surface area contributed by atoms with Crippen molar-refractivity contribution in [3.05, 3.63) is 54.4 Å². The van der Waals surface area contributed by atoms with E-state index in [0.717, 1.165) is 70.8 Å². The highest BCUT2D eigenvalue weighted by Crippen LogP contribution is 2.40. The molecule has 0 radical (unpaired) electrons. The fourth-order valence-electron chi connectivity index (χ4n) is 7.15. The molecule has 8 rings (SSSR count). The predicted molar refractivity (Wildman–Crippen MR) is 164 cm³/mol. The molecule has 220 valence electrons. The molecule has 2 aliphatic carbocycles. The number of amides is 1. The number of fused-ring (bicyclic) bond motifs is 4. The maximum absolute atomic E-state index is 13.7. The van der Waals surface area contributed by atoms with Gasteiger partial charge < -0.3 is 29.2 Å². The molecular formula is C33H35N7O3. The number of methoxy groups -OCH3 is 2. The number of imidazole rings is 1. The number of pyridine rings is 2. The Bertz CT molecular complexity index is 1910. The summed E-state index contributed by atoms with van der Waals surface area (Å²) in [6.45, 7) is 1.59. The van der Waals surface area contributed by atoms with E-state index in [-0.39, 0.29) is 18.0 Å². The molecule has 3 unspecified atom stereocenters. The number of hydrogen-bond acceptors (Lipinski definition) is 7. The Morgan fingerprint density at radius 1 is 1.02 bits per heavy atom. The van der Waals surface area contributed by atoms with Gasteiger partial charge in [-0.3, -0.25) is 9.78 Å². The fraction of sp³-hybridized carbons (Fsp3) is 0.394. The monoisotopic (exact) mass is 577 g/mol. The molecule has 4 aromatic heterocycles. The third-order valence-corrected chi connectivity index (χ3v) is 9.67. The SMILES string of the molecule is COc1cncc(-c2ccc3cc(-c4nc5cc(C(=O)N6CC7CCC6C7N)cc(OC)c5n4C)n(CC4CC4)c3n2)c1. The summed E-state index contributed by atoms with van der Waals surface area (Å²) >= 11 is 0. The van der Waals surface area contributed by atoms with Gasteiger partial charge in [0.1, 0.15) is 22.7 Å². The van der Waals surface area contributed by atoms with Crippen LogP contribution in [0.2, 0.25) is 0 Å². The number of rotatable bonds is 7. The van der Waals surface area contributed by atoms with Crippen LogP contribution in [0, 0.1) is 11.8 Å². The molecule has 2 bridgehead atoms. The van der Waals surface area contributed by atoms with Crippen LogP contribution in [0.5, 0.6) is 11.5 Å². The molecule has 1 saturated heterocycles. The van der Waals surface area contributed by atoms with Crippen LogP contribution in [-0.2, 0) is 13.6 Å². The first-order chi connectivity index (χ1) is 20.9. The Hall–Kier alpha value is -4.44. The lowest BCUT2D eigenvalue weighted by molar-refractivity contribution is 0.0700. The van der Waals surface area contributed by atoms with Gasteiger partial charge in [0.2, 0.25) is 0 Å². The molecule has 1 aromatic carbocycles. The first-order valence-electron chi connectivity index (χ1n) is 15.0. The van der Waals surface area contributed by atoms with Gasteiger partial charge in [-0.05, 0) is 73.9 Å². The van der Waals surface area contributed by atoms with Gasteiger partial charge in [0, 0.05) is 54.9 Å². The Balaban J connectivity index is 1.24. The number of nitrogens with zero attached hydrogens (tertiary/aromatic N) is 6. The highest BCUT2D eigenvalue weighted by molar-refractivity contribution is 6.00. The lowest BCUT2D eigenvalue weighted by Crippen LogP contribution is -2.41. The number of aryl methyl sites for hydroxylation is 1. The van der Waals surface area contributed by atoms with E-state index in [9.17, 15) is 4.79 Å². The van der Waals surface area contributed by atoms with Gasteiger partial charge in [-0.15, -0.1) is 0 Å². The van der Waals surface area contributed by atoms with Gasteiger partial charge in [0.05, 0.1) is 37.3 Å². The summed E-state index contributed by atoms with van der Waals surface area (Å²) < 4.78 is 15.6. The minimum absolute atomic E-state index is 0.00154. The smallest absolute Gasteiger partial charge is 0.254 e. The number of nitrogens with two attached hydrogens (primary N) is 1. The summed E-state index contributed by atoms with van der Waals surface area (Å²) in [6, 6.07) is 12.2. The summed E-state index contributed by atoms with van der Waals surface area (Å²) in [5.41, 5.74) is 12.2. The van der Waals surface area contributed by atoms with Gasteiger partial charge in [-0.2, -0.15) is 0 Å². The van der Waals surface area contributed by atoms with Crippen LogP contribution in [0.3, 0.4) is 0 Å². The third-order valence-electron chi connectivity index (χ3n) is 9.67. The second-order valence-electron chi connectivity index (χ2n) is 12.3. The molecule has 3 atom stereocenters. The summed E-state index contributed by atoms with van der Waals surface area (Å²) in [4.78, 5) is 30.2. The van der Waals surface area contributed by atoms with E-state index in [1.165, 1.54) is 12.8 Å². The van der Waals surface area contributed by atoms with Crippen LogP contribution in [0.25, 0.3) is 44.8 Å². The van der Waals surface area contributed by atoms with Crippen molar-refractivity contribution in [2.75, 3.05) is 20.8 Å². The lowest BCUT2D eigenvalue weighted by Gasteiger charge is -2.27. The van der Waals surface area contributed by atoms with Crippen molar-refractivity contribution in [1.82, 2.24) is 29.0 Å². The summed E-state index contributed by atoms with van der Waals surface area (Å²) in [6.07, 6.45) is 8.00. The largest absolute Gasteiger partial charge is 0.495 e. The van der Waals surface area contributed by atoms with Crippen molar-refractivity contribution in [2.24, 2.45) is 24.6 Å². The van der Waals surface area contributed by atoms with E-state index < -0.39 is 0 Å². The highest BCUT2D eigenvalue weighted by Gasteiger charge is 2.47. The highest BCUT2D eigenvalue weighted by atomic mass is 16.5. The number of aromatic nitrogens is 5. The van der Waals surface area contributed by atoms with Crippen molar-refractivity contribution in [3.8, 4) is 34.3 Å². The molecule has 43 heavy (non-hydrogen) atoms. The topological polar surface area (TPSA) is 113 Å². The standard InChI is InChI=1S/C33H35N7O3/c1-38-30-25(11-21(13-28(30)43-3)33(41)40-17-20-7-9-26(40)29(20)34)37-32(38)27-12-19-6-8-24(22-10-23(42-2)15-35-14-22)36-31(19)39(27)16-18-4-5-18/h6,8,10-15,18,20,26,29H,4-5,7,9,16-17,34H2,1-3H3. The zero-order valence-electron chi connectivity index (χ0n) is 24.7. The third kappa shape index (κ3) is 4.18. The number of carbonyl (C=O) groups excluding carboxylic acids is 1. The van der Waals surface area contributed by atoms with Crippen molar-refractivity contribution >= 4 is 28.0 Å². The normalized spacial score (nSPS) is 21.3. The molecule has 0 spiro atoms. The first-order valence-corrected chi connectivity index (χ1v) is 15.0. The Kier molecular flexibility index (Phi) is 5.98. The van der Waals surface area contributed by atoms with Crippen molar-refractivity contribution in [2.45, 2.75) is 44.3 Å². The van der Waals surface area contributed by atoms with Crippen LogP contribution in [0.1, 0.15) is 36.0 Å². The molecule has 10 nitrogen and oxygen atoms in total. The van der Waals surface area contributed by atoms with E-state index in [4.69, 9.17) is 25.2 Å². The molecule has 3 aliphatic rings. The van der Waals surface area contributed by atoms with Gasteiger partial charge in [-0.1, -0.05) is 0 Å². The summed E-state index contributed by atoms with van der Waals surface area (Å²) in [5, 5.41) is 1.05. The zero-order chi connectivity index (χ0) is 29.4. The van der Waals surface area contributed by atoms with E-state index in [1.54, 1.807) is 20.4 Å². The number of piperidine rings is 1. The maximum atomic E-state index is 13.7. The molecule has 1 amide bonds. The number of likely N-dealkylation sites (tertiary alicyclic amines) is 1. The van der Waals surface area contributed by atoms with Gasteiger partial charge in [0.15, 0.2) is 5.82 Å². The minimum Gasteiger partial charge on any atom is -0.495 e. The molecule has 3 fully saturated rings.